The Morgan fingerprint density at radius 2 is 2.39 bits per heavy atom. The maximum absolute atomic E-state index is 5.76. The second kappa shape index (κ2) is 4.45. The summed E-state index contributed by atoms with van der Waals surface area (Å²) in [6.07, 6.45) is 8.05. The van der Waals surface area contributed by atoms with Crippen LogP contribution in [0.15, 0.2) is 18.6 Å². The van der Waals surface area contributed by atoms with Crippen LogP contribution in [0.1, 0.15) is 12.8 Å². The Labute approximate surface area is 106 Å². The zero-order chi connectivity index (χ0) is 12.5. The summed E-state index contributed by atoms with van der Waals surface area (Å²) in [4.78, 5) is 10.9. The first-order valence-electron chi connectivity index (χ1n) is 6.27. The molecule has 6 nitrogen and oxygen atoms in total. The van der Waals surface area contributed by atoms with Gasteiger partial charge < -0.3 is 20.4 Å². The van der Waals surface area contributed by atoms with E-state index in [0.717, 1.165) is 30.6 Å². The van der Waals surface area contributed by atoms with E-state index < -0.39 is 0 Å². The quantitative estimate of drug-likeness (QED) is 0.817. The first-order valence-corrected chi connectivity index (χ1v) is 6.27. The molecule has 96 valence electrons. The van der Waals surface area contributed by atoms with E-state index in [1.165, 1.54) is 12.8 Å². The SMILES string of the molecule is CN(CCNc1nc(N)cn2ccnc12)C1CC1. The van der Waals surface area contributed by atoms with Crippen molar-refractivity contribution in [2.75, 3.05) is 31.2 Å². The number of likely N-dealkylation sites (N-methyl/N-ethyl adjacent to an activating group) is 1. The molecule has 0 bridgehead atoms. The summed E-state index contributed by atoms with van der Waals surface area (Å²) in [5.41, 5.74) is 6.58. The van der Waals surface area contributed by atoms with E-state index in [2.05, 4.69) is 27.2 Å². The molecular weight excluding hydrogens is 228 g/mol. The second-order valence-corrected chi connectivity index (χ2v) is 4.81. The number of hydrogen-bond acceptors (Lipinski definition) is 5. The van der Waals surface area contributed by atoms with Gasteiger partial charge >= 0.3 is 0 Å². The molecule has 1 fully saturated rings. The topological polar surface area (TPSA) is 71.5 Å². The minimum Gasteiger partial charge on any atom is -0.382 e. The lowest BCUT2D eigenvalue weighted by Crippen LogP contribution is -2.27. The fourth-order valence-electron chi connectivity index (χ4n) is 2.12. The van der Waals surface area contributed by atoms with Crippen molar-refractivity contribution in [3.63, 3.8) is 0 Å². The first-order chi connectivity index (χ1) is 8.74. The highest BCUT2D eigenvalue weighted by atomic mass is 15.2. The Bertz CT molecular complexity index is 544. The lowest BCUT2D eigenvalue weighted by Gasteiger charge is -2.16. The van der Waals surface area contributed by atoms with Crippen molar-refractivity contribution in [2.24, 2.45) is 0 Å². The number of rotatable bonds is 5. The Balaban J connectivity index is 1.67. The molecule has 0 atom stereocenters. The number of aromatic nitrogens is 3. The van der Waals surface area contributed by atoms with Gasteiger partial charge in [-0.15, -0.1) is 0 Å². The maximum Gasteiger partial charge on any atom is 0.180 e. The molecular formula is C12H18N6. The van der Waals surface area contributed by atoms with Crippen LogP contribution in [0.3, 0.4) is 0 Å². The highest BCUT2D eigenvalue weighted by Gasteiger charge is 2.25. The normalized spacial score (nSPS) is 15.4. The lowest BCUT2D eigenvalue weighted by molar-refractivity contribution is 0.337. The molecule has 1 aliphatic rings. The molecule has 6 heteroatoms. The summed E-state index contributed by atoms with van der Waals surface area (Å²) in [5, 5.41) is 3.31. The number of nitrogens with two attached hydrogens (primary N) is 1. The van der Waals surface area contributed by atoms with Crippen LogP contribution in [0.2, 0.25) is 0 Å². The van der Waals surface area contributed by atoms with Gasteiger partial charge in [-0.05, 0) is 19.9 Å². The number of nitrogens with one attached hydrogen (secondary N) is 1. The summed E-state index contributed by atoms with van der Waals surface area (Å²) >= 11 is 0. The average molecular weight is 246 g/mol. The number of hydrogen-bond donors (Lipinski definition) is 2. The predicted molar refractivity (Wildman–Crippen MR) is 71.5 cm³/mol. The molecule has 2 heterocycles. The minimum atomic E-state index is 0.499. The molecule has 0 amide bonds. The van der Waals surface area contributed by atoms with Crippen molar-refractivity contribution in [3.05, 3.63) is 18.6 Å². The Morgan fingerprint density at radius 3 is 3.17 bits per heavy atom. The Morgan fingerprint density at radius 1 is 1.56 bits per heavy atom. The first kappa shape index (κ1) is 11.3. The molecule has 0 aliphatic heterocycles. The van der Waals surface area contributed by atoms with Crippen LogP contribution in [0.5, 0.6) is 0 Å². The molecule has 0 spiro atoms. The van der Waals surface area contributed by atoms with Crippen LogP contribution in [0.4, 0.5) is 11.6 Å². The summed E-state index contributed by atoms with van der Waals surface area (Å²) in [6, 6.07) is 0.784. The zero-order valence-corrected chi connectivity index (χ0v) is 10.5. The van der Waals surface area contributed by atoms with Gasteiger partial charge in [0.2, 0.25) is 0 Å². The van der Waals surface area contributed by atoms with Crippen molar-refractivity contribution in [1.29, 1.82) is 0 Å². The average Bonchev–Trinajstić information content (AvgIpc) is 3.08. The van der Waals surface area contributed by atoms with Crippen LogP contribution < -0.4 is 11.1 Å². The maximum atomic E-state index is 5.76. The highest BCUT2D eigenvalue weighted by molar-refractivity contribution is 5.64. The third kappa shape index (κ3) is 2.24. The van der Waals surface area contributed by atoms with Crippen molar-refractivity contribution >= 4 is 17.3 Å². The van der Waals surface area contributed by atoms with Gasteiger partial charge in [0.15, 0.2) is 11.5 Å². The van der Waals surface area contributed by atoms with E-state index in [1.807, 2.05) is 10.6 Å². The van der Waals surface area contributed by atoms with Crippen molar-refractivity contribution in [1.82, 2.24) is 19.3 Å². The molecule has 2 aromatic rings. The summed E-state index contributed by atoms with van der Waals surface area (Å²) in [6.45, 7) is 1.86. The molecule has 1 saturated carbocycles. The number of nitrogens with zero attached hydrogens (tertiary/aromatic N) is 4. The molecule has 1 aliphatic carbocycles. The highest BCUT2D eigenvalue weighted by Crippen LogP contribution is 2.24. The number of nitrogen functional groups attached to an aromatic ring is 1. The van der Waals surface area contributed by atoms with Gasteiger partial charge in [-0.1, -0.05) is 0 Å². The predicted octanol–water partition coefficient (Wildman–Crippen LogP) is 0.818. The van der Waals surface area contributed by atoms with E-state index >= 15 is 0 Å². The summed E-state index contributed by atoms with van der Waals surface area (Å²) < 4.78 is 1.88. The molecule has 3 N–H and O–H groups in total. The molecule has 3 rings (SSSR count). The fourth-order valence-corrected chi connectivity index (χ4v) is 2.12. The van der Waals surface area contributed by atoms with Gasteiger partial charge in [0.1, 0.15) is 5.82 Å². The van der Waals surface area contributed by atoms with Crippen LogP contribution in [0.25, 0.3) is 5.65 Å². The molecule has 0 aromatic carbocycles. The van der Waals surface area contributed by atoms with Gasteiger partial charge in [0.05, 0.1) is 6.20 Å². The number of fused-ring (bicyclic) bond motifs is 1. The van der Waals surface area contributed by atoms with E-state index in [9.17, 15) is 0 Å². The largest absolute Gasteiger partial charge is 0.382 e. The molecule has 0 radical (unpaired) electrons. The van der Waals surface area contributed by atoms with Gasteiger partial charge in [-0.3, -0.25) is 0 Å². The van der Waals surface area contributed by atoms with E-state index in [-0.39, 0.29) is 0 Å². The van der Waals surface area contributed by atoms with Crippen molar-refractivity contribution < 1.29 is 0 Å². The summed E-state index contributed by atoms with van der Waals surface area (Å²) in [7, 11) is 2.16. The third-order valence-corrected chi connectivity index (χ3v) is 3.32. The van der Waals surface area contributed by atoms with Crippen molar-refractivity contribution in [3.8, 4) is 0 Å². The fraction of sp³-hybridized carbons (Fsp3) is 0.500. The second-order valence-electron chi connectivity index (χ2n) is 4.81. The lowest BCUT2D eigenvalue weighted by atomic mass is 10.5. The Hall–Kier alpha value is -1.82. The Kier molecular flexibility index (Phi) is 2.79. The van der Waals surface area contributed by atoms with Gasteiger partial charge in [-0.25, -0.2) is 9.97 Å². The standard InChI is InChI=1S/C12H18N6/c1-17(9-2-3-9)6-4-14-11-12-15-5-7-18(12)8-10(13)16-11/h5,7-9H,2-4,6,13H2,1H3,(H,14,16). The van der Waals surface area contributed by atoms with Crippen LogP contribution in [-0.2, 0) is 0 Å². The van der Waals surface area contributed by atoms with Gasteiger partial charge in [-0.2, -0.15) is 0 Å². The van der Waals surface area contributed by atoms with Crippen molar-refractivity contribution in [2.45, 2.75) is 18.9 Å². The molecule has 18 heavy (non-hydrogen) atoms. The van der Waals surface area contributed by atoms with E-state index in [1.54, 1.807) is 12.4 Å². The smallest absolute Gasteiger partial charge is 0.180 e. The zero-order valence-electron chi connectivity index (χ0n) is 10.5. The van der Waals surface area contributed by atoms with Crippen LogP contribution in [-0.4, -0.2) is 45.4 Å². The number of imidazole rings is 1. The molecule has 2 aromatic heterocycles. The van der Waals surface area contributed by atoms with Crippen LogP contribution in [0, 0.1) is 0 Å². The van der Waals surface area contributed by atoms with Gasteiger partial charge in [0.25, 0.3) is 0 Å². The molecule has 0 unspecified atom stereocenters. The minimum absolute atomic E-state index is 0.499. The molecule has 0 saturated heterocycles. The van der Waals surface area contributed by atoms with E-state index in [0.29, 0.717) is 5.82 Å². The summed E-state index contributed by atoms with van der Waals surface area (Å²) in [5.74, 6) is 1.25. The van der Waals surface area contributed by atoms with Crippen LogP contribution >= 0.6 is 0 Å². The monoisotopic (exact) mass is 246 g/mol. The van der Waals surface area contributed by atoms with E-state index in [4.69, 9.17) is 5.73 Å². The van der Waals surface area contributed by atoms with Gasteiger partial charge in [0, 0.05) is 31.5 Å². The third-order valence-electron chi connectivity index (χ3n) is 3.32. The number of anilines is 2.